The highest BCUT2D eigenvalue weighted by Gasteiger charge is 2.21. The summed E-state index contributed by atoms with van der Waals surface area (Å²) in [7, 11) is -3.83. The number of carbonyl (C=O) groups excluding carboxylic acids is 1. The second-order valence-corrected chi connectivity index (χ2v) is 8.28. The summed E-state index contributed by atoms with van der Waals surface area (Å²) in [6.07, 6.45) is 0.293. The number of nitro benzene ring substituents is 1. The minimum Gasteiger partial charge on any atom is -0.460 e. The van der Waals surface area contributed by atoms with E-state index in [1.807, 2.05) is 0 Å². The Balaban J connectivity index is 1.77. The molecule has 0 radical (unpaired) electrons. The number of nitrogens with zero attached hydrogens (tertiary/aromatic N) is 1. The molecular weight excluding hydrogens is 412 g/mol. The van der Waals surface area contributed by atoms with Gasteiger partial charge in [0.25, 0.3) is 5.69 Å². The molecule has 9 nitrogen and oxygen atoms in total. The number of furan rings is 1. The van der Waals surface area contributed by atoms with Crippen LogP contribution in [0.1, 0.15) is 28.6 Å². The third-order valence-electron chi connectivity index (χ3n) is 4.51. The molecule has 0 unspecified atom stereocenters. The summed E-state index contributed by atoms with van der Waals surface area (Å²) in [5.41, 5.74) is 1.48. The SMILES string of the molecule is CCOC(=O)c1oc2ccc(S(=O)(=O)NCCc3cccc([N+](=O)[O-])c3)cc2c1C. The van der Waals surface area contributed by atoms with Crippen LogP contribution in [-0.4, -0.2) is 32.5 Å². The molecule has 1 N–H and O–H groups in total. The Bertz CT molecular complexity index is 1220. The maximum atomic E-state index is 12.7. The molecule has 0 saturated carbocycles. The maximum Gasteiger partial charge on any atom is 0.374 e. The van der Waals surface area contributed by atoms with E-state index in [1.54, 1.807) is 26.0 Å². The monoisotopic (exact) mass is 432 g/mol. The van der Waals surface area contributed by atoms with Crippen LogP contribution < -0.4 is 4.72 Å². The lowest BCUT2D eigenvalue weighted by Crippen LogP contribution is -2.26. The van der Waals surface area contributed by atoms with Crippen LogP contribution in [0.25, 0.3) is 11.0 Å². The third kappa shape index (κ3) is 4.50. The number of benzene rings is 2. The number of ether oxygens (including phenoxy) is 1. The van der Waals surface area contributed by atoms with E-state index in [0.717, 1.165) is 0 Å². The van der Waals surface area contributed by atoms with E-state index in [0.29, 0.717) is 28.5 Å². The van der Waals surface area contributed by atoms with Crippen LogP contribution >= 0.6 is 0 Å². The van der Waals surface area contributed by atoms with Crippen LogP contribution in [0, 0.1) is 17.0 Å². The fraction of sp³-hybridized carbons (Fsp3) is 0.250. The average Bonchev–Trinajstić information content (AvgIpc) is 3.04. The Morgan fingerprint density at radius 2 is 2.00 bits per heavy atom. The van der Waals surface area contributed by atoms with E-state index in [2.05, 4.69) is 4.72 Å². The van der Waals surface area contributed by atoms with Crippen molar-refractivity contribution in [2.45, 2.75) is 25.2 Å². The average molecular weight is 432 g/mol. The zero-order valence-electron chi connectivity index (χ0n) is 16.4. The Kier molecular flexibility index (Phi) is 6.18. The molecule has 0 saturated heterocycles. The summed E-state index contributed by atoms with van der Waals surface area (Å²) in [6, 6.07) is 10.3. The van der Waals surface area contributed by atoms with Gasteiger partial charge < -0.3 is 9.15 Å². The molecule has 0 aliphatic rings. The van der Waals surface area contributed by atoms with Gasteiger partial charge in [0, 0.05) is 29.6 Å². The van der Waals surface area contributed by atoms with E-state index in [1.165, 1.54) is 30.3 Å². The van der Waals surface area contributed by atoms with Gasteiger partial charge in [-0.1, -0.05) is 12.1 Å². The topological polar surface area (TPSA) is 129 Å². The summed E-state index contributed by atoms with van der Waals surface area (Å²) in [5, 5.41) is 11.3. The van der Waals surface area contributed by atoms with Crippen LogP contribution in [0.5, 0.6) is 0 Å². The van der Waals surface area contributed by atoms with Gasteiger partial charge in [-0.3, -0.25) is 10.1 Å². The molecule has 0 amide bonds. The molecule has 3 rings (SSSR count). The van der Waals surface area contributed by atoms with Crippen LogP contribution in [0.15, 0.2) is 51.8 Å². The quantitative estimate of drug-likeness (QED) is 0.328. The zero-order chi connectivity index (χ0) is 21.9. The molecule has 30 heavy (non-hydrogen) atoms. The van der Waals surface area contributed by atoms with Gasteiger partial charge in [-0.25, -0.2) is 17.9 Å². The first kappa shape index (κ1) is 21.5. The molecular formula is C20H20N2O7S. The first-order valence-corrected chi connectivity index (χ1v) is 10.6. The molecule has 1 heterocycles. The van der Waals surface area contributed by atoms with Crippen molar-refractivity contribution in [1.82, 2.24) is 4.72 Å². The second-order valence-electron chi connectivity index (χ2n) is 6.51. The lowest BCUT2D eigenvalue weighted by atomic mass is 10.1. The summed E-state index contributed by atoms with van der Waals surface area (Å²) < 4.78 is 38.2. The zero-order valence-corrected chi connectivity index (χ0v) is 17.2. The number of sulfonamides is 1. The lowest BCUT2D eigenvalue weighted by Gasteiger charge is -2.07. The smallest absolute Gasteiger partial charge is 0.374 e. The fourth-order valence-corrected chi connectivity index (χ4v) is 4.05. The van der Waals surface area contributed by atoms with Gasteiger partial charge in [-0.15, -0.1) is 0 Å². The van der Waals surface area contributed by atoms with Crippen molar-refractivity contribution in [3.8, 4) is 0 Å². The predicted molar refractivity (Wildman–Crippen MR) is 109 cm³/mol. The molecule has 0 atom stereocenters. The standard InChI is InChI=1S/C20H20N2O7S/c1-3-28-20(23)19-13(2)17-12-16(7-8-18(17)29-19)30(26,27)21-10-9-14-5-4-6-15(11-14)22(24)25/h4-8,11-12,21H,3,9-10H2,1-2H3. The first-order chi connectivity index (χ1) is 14.2. The van der Waals surface area contributed by atoms with Crippen molar-refractivity contribution in [2.75, 3.05) is 13.2 Å². The Morgan fingerprint density at radius 1 is 1.23 bits per heavy atom. The molecule has 10 heteroatoms. The van der Waals surface area contributed by atoms with E-state index >= 15 is 0 Å². The van der Waals surface area contributed by atoms with Gasteiger partial charge in [-0.2, -0.15) is 0 Å². The maximum absolute atomic E-state index is 12.7. The van der Waals surface area contributed by atoms with Crippen LogP contribution in [0.2, 0.25) is 0 Å². The van der Waals surface area contributed by atoms with E-state index in [9.17, 15) is 23.3 Å². The summed E-state index contributed by atoms with van der Waals surface area (Å²) >= 11 is 0. The first-order valence-electron chi connectivity index (χ1n) is 9.16. The van der Waals surface area contributed by atoms with E-state index in [-0.39, 0.29) is 29.5 Å². The number of non-ortho nitro benzene ring substituents is 1. The Labute approximate surface area is 172 Å². The number of carbonyl (C=O) groups is 1. The van der Waals surface area contributed by atoms with Gasteiger partial charge in [0.2, 0.25) is 15.8 Å². The van der Waals surface area contributed by atoms with Gasteiger partial charge >= 0.3 is 5.97 Å². The van der Waals surface area contributed by atoms with Gasteiger partial charge in [0.1, 0.15) is 5.58 Å². The number of fused-ring (bicyclic) bond motifs is 1. The van der Waals surface area contributed by atoms with Crippen molar-refractivity contribution in [3.63, 3.8) is 0 Å². The van der Waals surface area contributed by atoms with E-state index in [4.69, 9.17) is 9.15 Å². The number of aryl methyl sites for hydroxylation is 1. The highest BCUT2D eigenvalue weighted by atomic mass is 32.2. The molecule has 0 bridgehead atoms. The molecule has 3 aromatic rings. The molecule has 2 aromatic carbocycles. The summed E-state index contributed by atoms with van der Waals surface area (Å²) in [5.74, 6) is -0.564. The van der Waals surface area contributed by atoms with Gasteiger partial charge in [-0.05, 0) is 44.0 Å². The van der Waals surface area contributed by atoms with Crippen molar-refractivity contribution >= 4 is 32.6 Å². The molecule has 158 valence electrons. The van der Waals surface area contributed by atoms with Gasteiger partial charge in [0.15, 0.2) is 0 Å². The molecule has 0 aliphatic carbocycles. The summed E-state index contributed by atoms with van der Waals surface area (Å²) in [4.78, 5) is 22.3. The third-order valence-corrected chi connectivity index (χ3v) is 5.96. The summed E-state index contributed by atoms with van der Waals surface area (Å²) in [6.45, 7) is 3.60. The predicted octanol–water partition coefficient (Wildman–Crippen LogP) is 3.35. The normalized spacial score (nSPS) is 11.5. The highest BCUT2D eigenvalue weighted by Crippen LogP contribution is 2.28. The minimum absolute atomic E-state index is 0.0216. The van der Waals surface area contributed by atoms with Crippen molar-refractivity contribution < 1.29 is 27.3 Å². The number of nitrogens with one attached hydrogen (secondary N) is 1. The largest absolute Gasteiger partial charge is 0.460 e. The Hall–Kier alpha value is -3.24. The molecule has 0 spiro atoms. The minimum atomic E-state index is -3.83. The fourth-order valence-electron chi connectivity index (χ4n) is 3.00. The van der Waals surface area contributed by atoms with Crippen LogP contribution in [0.3, 0.4) is 0 Å². The van der Waals surface area contributed by atoms with Crippen molar-refractivity contribution in [3.05, 3.63) is 69.5 Å². The number of hydrogen-bond acceptors (Lipinski definition) is 7. The molecule has 0 fully saturated rings. The van der Waals surface area contributed by atoms with Gasteiger partial charge in [0.05, 0.1) is 16.4 Å². The van der Waals surface area contributed by atoms with Crippen molar-refractivity contribution in [1.29, 1.82) is 0 Å². The Morgan fingerprint density at radius 3 is 2.70 bits per heavy atom. The number of hydrogen-bond donors (Lipinski definition) is 1. The van der Waals surface area contributed by atoms with Crippen LogP contribution in [0.4, 0.5) is 5.69 Å². The van der Waals surface area contributed by atoms with E-state index < -0.39 is 20.9 Å². The number of esters is 1. The number of rotatable bonds is 8. The molecule has 1 aromatic heterocycles. The van der Waals surface area contributed by atoms with Crippen molar-refractivity contribution in [2.24, 2.45) is 0 Å². The second kappa shape index (κ2) is 8.64. The number of nitro groups is 1. The lowest BCUT2D eigenvalue weighted by molar-refractivity contribution is -0.384. The van der Waals surface area contributed by atoms with Crippen LogP contribution in [-0.2, 0) is 21.2 Å². The highest BCUT2D eigenvalue weighted by molar-refractivity contribution is 7.89. The molecule has 0 aliphatic heterocycles.